The van der Waals surface area contributed by atoms with Crippen LogP contribution in [0.4, 0.5) is 13.2 Å². The monoisotopic (exact) mass is 504 g/mol. The van der Waals surface area contributed by atoms with Gasteiger partial charge in [-0.25, -0.2) is 9.78 Å². The molecule has 0 radical (unpaired) electrons. The molecule has 1 aromatic rings. The van der Waals surface area contributed by atoms with Gasteiger partial charge < -0.3 is 28.9 Å². The maximum absolute atomic E-state index is 13.1. The lowest BCUT2D eigenvalue weighted by Crippen LogP contribution is -2.56. The van der Waals surface area contributed by atoms with Gasteiger partial charge in [0.05, 0.1) is 19.8 Å². The van der Waals surface area contributed by atoms with Crippen molar-refractivity contribution in [3.8, 4) is 0 Å². The highest BCUT2D eigenvalue weighted by Crippen LogP contribution is 2.40. The van der Waals surface area contributed by atoms with Crippen LogP contribution in [0.25, 0.3) is 0 Å². The lowest BCUT2D eigenvalue weighted by molar-refractivity contribution is -0.192. The van der Waals surface area contributed by atoms with Gasteiger partial charge in [-0.2, -0.15) is 13.2 Å². The Hall–Kier alpha value is -2.67. The van der Waals surface area contributed by atoms with Gasteiger partial charge in [0, 0.05) is 57.8 Å². The molecule has 1 spiro atoms. The van der Waals surface area contributed by atoms with Crippen LogP contribution in [0.1, 0.15) is 38.9 Å². The number of alkyl halides is 3. The van der Waals surface area contributed by atoms with Crippen LogP contribution in [0.5, 0.6) is 0 Å². The number of aromatic nitrogens is 2. The van der Waals surface area contributed by atoms with Gasteiger partial charge in [-0.15, -0.1) is 0 Å². The lowest BCUT2D eigenvalue weighted by atomic mass is 9.88. The average molecular weight is 505 g/mol. The van der Waals surface area contributed by atoms with E-state index >= 15 is 0 Å². The fraction of sp³-hybridized carbons (Fsp3) is 0.727. The Balaban J connectivity index is 0.000000429. The summed E-state index contributed by atoms with van der Waals surface area (Å²) in [7, 11) is 0. The standard InChI is InChI=1S/C20H30N4O4.C2HF3O2/c1-15(2)13-17(25)22-6-3-20(4-7-22)19-21-5-8-24(19)14-16(28-20)18(26)23-9-11-27-12-10-23;3-2(4,5)1(6)7/h5,8,15-16H,3-4,6-7,9-14H2,1-2H3;(H,6,7). The van der Waals surface area contributed by atoms with Crippen LogP contribution in [-0.2, 0) is 36.0 Å². The molecule has 10 nitrogen and oxygen atoms in total. The molecule has 1 unspecified atom stereocenters. The minimum absolute atomic E-state index is 0.0281. The number of hydrogen-bond acceptors (Lipinski definition) is 6. The lowest BCUT2D eigenvalue weighted by Gasteiger charge is -2.46. The third-order valence-corrected chi connectivity index (χ3v) is 6.20. The summed E-state index contributed by atoms with van der Waals surface area (Å²) in [5.41, 5.74) is -0.594. The number of piperidine rings is 1. The first kappa shape index (κ1) is 26.9. The summed E-state index contributed by atoms with van der Waals surface area (Å²) in [5, 5.41) is 7.12. The van der Waals surface area contributed by atoms with Gasteiger partial charge in [-0.1, -0.05) is 13.8 Å². The number of carbonyl (C=O) groups excluding carboxylic acids is 2. The van der Waals surface area contributed by atoms with Crippen LogP contribution in [0.15, 0.2) is 12.4 Å². The van der Waals surface area contributed by atoms with Gasteiger partial charge >= 0.3 is 12.1 Å². The molecular weight excluding hydrogens is 473 g/mol. The first-order chi connectivity index (χ1) is 16.4. The summed E-state index contributed by atoms with van der Waals surface area (Å²) in [4.78, 5) is 42.7. The molecule has 0 aromatic carbocycles. The second-order valence-corrected chi connectivity index (χ2v) is 9.22. The summed E-state index contributed by atoms with van der Waals surface area (Å²) < 4.78 is 45.6. The molecule has 3 aliphatic rings. The zero-order valence-corrected chi connectivity index (χ0v) is 19.8. The molecule has 0 aliphatic carbocycles. The van der Waals surface area contributed by atoms with E-state index < -0.39 is 23.9 Å². The Morgan fingerprint density at radius 3 is 2.29 bits per heavy atom. The number of aliphatic carboxylic acids is 1. The molecule has 4 rings (SSSR count). The van der Waals surface area contributed by atoms with Gasteiger partial charge in [0.1, 0.15) is 11.4 Å². The number of carboxylic acids is 1. The van der Waals surface area contributed by atoms with Crippen molar-refractivity contribution >= 4 is 17.8 Å². The Morgan fingerprint density at radius 2 is 1.74 bits per heavy atom. The quantitative estimate of drug-likeness (QED) is 0.666. The van der Waals surface area contributed by atoms with Crippen LogP contribution < -0.4 is 0 Å². The molecule has 196 valence electrons. The molecule has 13 heteroatoms. The summed E-state index contributed by atoms with van der Waals surface area (Å²) in [6.07, 6.45) is 0.00772. The minimum atomic E-state index is -5.08. The zero-order valence-electron chi connectivity index (χ0n) is 19.8. The van der Waals surface area contributed by atoms with Gasteiger partial charge in [0.15, 0.2) is 6.10 Å². The van der Waals surface area contributed by atoms with E-state index in [1.165, 1.54) is 0 Å². The van der Waals surface area contributed by atoms with E-state index in [2.05, 4.69) is 23.4 Å². The van der Waals surface area contributed by atoms with E-state index in [1.807, 2.05) is 16.0 Å². The van der Waals surface area contributed by atoms with E-state index in [0.717, 1.165) is 5.82 Å². The van der Waals surface area contributed by atoms with E-state index in [0.29, 0.717) is 71.1 Å². The minimum Gasteiger partial charge on any atom is -0.475 e. The maximum atomic E-state index is 13.1. The first-order valence-corrected chi connectivity index (χ1v) is 11.6. The number of halogens is 3. The summed E-state index contributed by atoms with van der Waals surface area (Å²) in [6, 6.07) is 0. The largest absolute Gasteiger partial charge is 0.490 e. The van der Waals surface area contributed by atoms with Crippen LogP contribution >= 0.6 is 0 Å². The van der Waals surface area contributed by atoms with E-state index in [9.17, 15) is 22.8 Å². The third kappa shape index (κ3) is 6.51. The number of carboxylic acid groups (broad SMARTS) is 1. The molecule has 2 saturated heterocycles. The van der Waals surface area contributed by atoms with E-state index in [1.54, 1.807) is 6.20 Å². The highest BCUT2D eigenvalue weighted by atomic mass is 19.4. The van der Waals surface area contributed by atoms with Crippen molar-refractivity contribution in [2.45, 2.75) is 57.5 Å². The van der Waals surface area contributed by atoms with E-state index in [-0.39, 0.29) is 11.8 Å². The molecule has 3 aliphatic heterocycles. The van der Waals surface area contributed by atoms with Crippen molar-refractivity contribution in [2.24, 2.45) is 5.92 Å². The number of nitrogens with zero attached hydrogens (tertiary/aromatic N) is 4. The third-order valence-electron chi connectivity index (χ3n) is 6.20. The number of hydrogen-bond donors (Lipinski definition) is 1. The van der Waals surface area contributed by atoms with Crippen molar-refractivity contribution in [1.29, 1.82) is 0 Å². The molecule has 2 fully saturated rings. The second kappa shape index (κ2) is 10.9. The van der Waals surface area contributed by atoms with Gasteiger partial charge in [0.25, 0.3) is 5.91 Å². The molecule has 1 N–H and O–H groups in total. The number of carbonyl (C=O) groups is 3. The highest BCUT2D eigenvalue weighted by Gasteiger charge is 2.48. The molecular formula is C22H31F3N4O6. The fourth-order valence-corrected chi connectivity index (χ4v) is 4.45. The number of fused-ring (bicyclic) bond motifs is 2. The molecule has 1 atom stereocenters. The van der Waals surface area contributed by atoms with Crippen molar-refractivity contribution in [2.75, 3.05) is 39.4 Å². The van der Waals surface area contributed by atoms with Crippen LogP contribution in [0.2, 0.25) is 0 Å². The topological polar surface area (TPSA) is 114 Å². The van der Waals surface area contributed by atoms with Crippen molar-refractivity contribution in [3.05, 3.63) is 18.2 Å². The molecule has 0 bridgehead atoms. The van der Waals surface area contributed by atoms with Crippen molar-refractivity contribution in [1.82, 2.24) is 19.4 Å². The summed E-state index contributed by atoms with van der Waals surface area (Å²) in [6.45, 7) is 8.26. The van der Waals surface area contributed by atoms with Gasteiger partial charge in [-0.3, -0.25) is 9.59 Å². The Kier molecular flexibility index (Phi) is 8.42. The number of rotatable bonds is 3. The Bertz CT molecular complexity index is 905. The first-order valence-electron chi connectivity index (χ1n) is 11.6. The number of amides is 2. The predicted octanol–water partition coefficient (Wildman–Crippen LogP) is 1.64. The normalized spacial score (nSPS) is 21.8. The van der Waals surface area contributed by atoms with Crippen LogP contribution in [-0.4, -0.2) is 93.9 Å². The highest BCUT2D eigenvalue weighted by molar-refractivity contribution is 5.81. The second-order valence-electron chi connectivity index (χ2n) is 9.22. The Morgan fingerprint density at radius 1 is 1.14 bits per heavy atom. The van der Waals surface area contributed by atoms with Crippen LogP contribution in [0.3, 0.4) is 0 Å². The number of likely N-dealkylation sites (tertiary alicyclic amines) is 1. The van der Waals surface area contributed by atoms with Gasteiger partial charge in [0.2, 0.25) is 5.91 Å². The average Bonchev–Trinajstić information content (AvgIpc) is 3.29. The molecule has 2 amide bonds. The zero-order chi connectivity index (χ0) is 25.8. The predicted molar refractivity (Wildman–Crippen MR) is 115 cm³/mol. The molecule has 0 saturated carbocycles. The van der Waals surface area contributed by atoms with Gasteiger partial charge in [-0.05, 0) is 5.92 Å². The number of imidazole rings is 1. The maximum Gasteiger partial charge on any atom is 0.490 e. The number of ether oxygens (including phenoxy) is 2. The Labute approximate surface area is 201 Å². The summed E-state index contributed by atoms with van der Waals surface area (Å²) >= 11 is 0. The van der Waals surface area contributed by atoms with Crippen molar-refractivity contribution in [3.63, 3.8) is 0 Å². The molecule has 1 aromatic heterocycles. The van der Waals surface area contributed by atoms with Crippen LogP contribution in [0, 0.1) is 5.92 Å². The molecule has 4 heterocycles. The van der Waals surface area contributed by atoms with Crippen molar-refractivity contribution < 1.29 is 42.1 Å². The smallest absolute Gasteiger partial charge is 0.475 e. The summed E-state index contributed by atoms with van der Waals surface area (Å²) in [5.74, 6) is -1.30. The number of morpholine rings is 1. The fourth-order valence-electron chi connectivity index (χ4n) is 4.45. The van der Waals surface area contributed by atoms with E-state index in [4.69, 9.17) is 19.4 Å². The molecule has 35 heavy (non-hydrogen) atoms. The SMILES string of the molecule is CC(C)CC(=O)N1CCC2(CC1)OC(C(=O)N1CCOCC1)Cn1ccnc12.O=C(O)C(F)(F)F.